The topological polar surface area (TPSA) is 138 Å². The number of methoxy groups -OCH3 is 1. The number of aliphatic hydroxyl groups is 1. The molecule has 1 spiro atoms. The Kier molecular flexibility index (Phi) is 11.7. The van der Waals surface area contributed by atoms with Gasteiger partial charge in [-0.25, -0.2) is 8.42 Å². The minimum absolute atomic E-state index is 0. The first-order valence-electron chi connectivity index (χ1n) is 13.2. The Balaban J connectivity index is 0.00000533. The highest BCUT2D eigenvalue weighted by molar-refractivity contribution is 7.92. The number of amides is 2. The molecule has 3 N–H and O–H groups in total. The summed E-state index contributed by atoms with van der Waals surface area (Å²) in [6.07, 6.45) is 3.00. The number of nitrogens with one attached hydrogen (secondary N) is 2. The number of carbonyl (C=O) groups excluding carboxylic acids is 2. The van der Waals surface area contributed by atoms with E-state index in [1.54, 1.807) is 23.1 Å². The van der Waals surface area contributed by atoms with Crippen LogP contribution in [0.5, 0.6) is 11.5 Å². The summed E-state index contributed by atoms with van der Waals surface area (Å²) in [4.78, 5) is 30.4. The molecule has 2 saturated heterocycles. The van der Waals surface area contributed by atoms with Crippen LogP contribution in [0, 0.1) is 5.92 Å². The highest BCUT2D eigenvalue weighted by Crippen LogP contribution is 2.34. The third-order valence-corrected chi connectivity index (χ3v) is 7.98. The number of benzene rings is 1. The summed E-state index contributed by atoms with van der Waals surface area (Å²) in [6, 6.07) is 3.99. The third-order valence-electron chi connectivity index (χ3n) is 7.38. The number of sulfonamides is 1. The number of hydrogen-bond acceptors (Lipinski definition) is 8. The number of anilines is 1. The lowest BCUT2D eigenvalue weighted by Gasteiger charge is -2.52. The van der Waals surface area contributed by atoms with Crippen molar-refractivity contribution in [2.75, 3.05) is 50.9 Å². The molecule has 39 heavy (non-hydrogen) atoms. The lowest BCUT2D eigenvalue weighted by Crippen LogP contribution is -2.74. The number of aliphatic hydroxyl groups excluding tert-OH is 1. The molecule has 0 aliphatic carbocycles. The predicted molar refractivity (Wildman–Crippen MR) is 152 cm³/mol. The lowest BCUT2D eigenvalue weighted by atomic mass is 9.80. The van der Waals surface area contributed by atoms with Crippen LogP contribution >= 0.6 is 12.4 Å². The van der Waals surface area contributed by atoms with E-state index in [2.05, 4.69) is 14.9 Å². The van der Waals surface area contributed by atoms with E-state index in [1.165, 1.54) is 7.11 Å². The molecule has 2 heterocycles. The summed E-state index contributed by atoms with van der Waals surface area (Å²) in [5, 5.41) is 13.3. The summed E-state index contributed by atoms with van der Waals surface area (Å²) in [6.45, 7) is 8.72. The second-order valence-corrected chi connectivity index (χ2v) is 12.2. The van der Waals surface area contributed by atoms with Gasteiger partial charge in [0.2, 0.25) is 21.8 Å². The molecule has 3 rings (SSSR count). The van der Waals surface area contributed by atoms with E-state index in [9.17, 15) is 23.1 Å². The molecule has 0 saturated carbocycles. The molecule has 2 amide bonds. The van der Waals surface area contributed by atoms with Gasteiger partial charge in [0.15, 0.2) is 11.5 Å². The minimum atomic E-state index is -3.38. The number of piperazine rings is 1. The van der Waals surface area contributed by atoms with Gasteiger partial charge < -0.3 is 29.7 Å². The Morgan fingerprint density at radius 3 is 2.41 bits per heavy atom. The molecule has 2 fully saturated rings. The van der Waals surface area contributed by atoms with Crippen molar-refractivity contribution in [2.45, 2.75) is 64.1 Å². The van der Waals surface area contributed by atoms with Crippen LogP contribution in [-0.4, -0.2) is 99.0 Å². The maximum atomic E-state index is 13.2. The van der Waals surface area contributed by atoms with Gasteiger partial charge in [-0.2, -0.15) is 0 Å². The normalized spacial score (nSPS) is 20.4. The largest absolute Gasteiger partial charge is 0.493 e. The van der Waals surface area contributed by atoms with E-state index in [4.69, 9.17) is 9.47 Å². The van der Waals surface area contributed by atoms with Gasteiger partial charge >= 0.3 is 0 Å². The van der Waals surface area contributed by atoms with Crippen molar-refractivity contribution in [3.63, 3.8) is 0 Å². The van der Waals surface area contributed by atoms with Crippen LogP contribution in [0.25, 0.3) is 0 Å². The summed E-state index contributed by atoms with van der Waals surface area (Å²) in [5.41, 5.74) is -0.450. The fraction of sp³-hybridized carbons (Fsp3) is 0.692. The number of halogens is 1. The highest BCUT2D eigenvalue weighted by Gasteiger charge is 2.54. The van der Waals surface area contributed by atoms with Gasteiger partial charge in [0.1, 0.15) is 11.6 Å². The fourth-order valence-corrected chi connectivity index (χ4v) is 5.80. The molecule has 13 heteroatoms. The molecule has 2 aliphatic heterocycles. The van der Waals surface area contributed by atoms with Gasteiger partial charge in [-0.3, -0.25) is 14.3 Å². The summed E-state index contributed by atoms with van der Waals surface area (Å²) in [7, 11) is -1.88. The summed E-state index contributed by atoms with van der Waals surface area (Å²) in [5.74, 6) is 0.488. The second kappa shape index (κ2) is 13.9. The van der Waals surface area contributed by atoms with Crippen LogP contribution in [-0.2, 0) is 19.6 Å². The smallest absolute Gasteiger partial charge is 0.248 e. The van der Waals surface area contributed by atoms with Crippen LogP contribution in [0.1, 0.15) is 46.5 Å². The van der Waals surface area contributed by atoms with Crippen LogP contribution in [0.2, 0.25) is 0 Å². The van der Waals surface area contributed by atoms with E-state index in [0.29, 0.717) is 56.3 Å². The van der Waals surface area contributed by atoms with Crippen molar-refractivity contribution in [3.8, 4) is 11.5 Å². The van der Waals surface area contributed by atoms with Crippen molar-refractivity contribution in [2.24, 2.45) is 5.92 Å². The van der Waals surface area contributed by atoms with E-state index >= 15 is 0 Å². The SMILES string of the molecule is CCN1C(=O)[C@@H]([C@H](O)C(C)C)NC(=O)C12CCN(CCCCOc1ccc(NS(C)(=O)=O)cc1OC)CC2.Cl. The molecule has 0 unspecified atom stereocenters. The van der Waals surface area contributed by atoms with E-state index in [1.807, 2.05) is 20.8 Å². The maximum absolute atomic E-state index is 13.2. The molecular weight excluding hydrogens is 548 g/mol. The first kappa shape index (κ1) is 32.9. The van der Waals surface area contributed by atoms with Crippen molar-refractivity contribution >= 4 is 39.9 Å². The molecular formula is C26H43ClN4O7S. The van der Waals surface area contributed by atoms with Gasteiger partial charge in [0, 0.05) is 25.7 Å². The molecule has 0 bridgehead atoms. The van der Waals surface area contributed by atoms with Crippen molar-refractivity contribution in [1.29, 1.82) is 0 Å². The number of likely N-dealkylation sites (tertiary alicyclic amines) is 1. The average Bonchev–Trinajstić information content (AvgIpc) is 2.86. The Morgan fingerprint density at radius 2 is 1.85 bits per heavy atom. The number of rotatable bonds is 12. The van der Waals surface area contributed by atoms with Crippen LogP contribution < -0.4 is 19.5 Å². The van der Waals surface area contributed by atoms with Crippen molar-refractivity contribution in [3.05, 3.63) is 18.2 Å². The number of likely N-dealkylation sites (N-methyl/N-ethyl adjacent to an activating group) is 1. The van der Waals surface area contributed by atoms with Crippen LogP contribution in [0.4, 0.5) is 5.69 Å². The van der Waals surface area contributed by atoms with E-state index in [0.717, 1.165) is 25.6 Å². The molecule has 0 radical (unpaired) electrons. The first-order chi connectivity index (χ1) is 17.9. The standard InChI is InChI=1S/C26H42N4O7S.ClH/c1-6-30-24(32)22(23(31)18(2)3)27-25(33)26(30)11-14-29(15-12-26)13-7-8-16-37-20-10-9-19(17-21(20)36-4)28-38(5,34)35;/h9-10,17-18,22-23,28,31H,6-8,11-16H2,1-5H3,(H,27,33);1H/t22-,23-;/m1./s1. The van der Waals surface area contributed by atoms with Crippen molar-refractivity contribution in [1.82, 2.24) is 15.1 Å². The van der Waals surface area contributed by atoms with Crippen LogP contribution in [0.15, 0.2) is 18.2 Å². The Hall–Kier alpha value is -2.28. The van der Waals surface area contributed by atoms with Crippen molar-refractivity contribution < 1.29 is 32.6 Å². The Bertz CT molecular complexity index is 1090. The van der Waals surface area contributed by atoms with Gasteiger partial charge in [-0.15, -0.1) is 12.4 Å². The summed E-state index contributed by atoms with van der Waals surface area (Å²) < 4.78 is 36.5. The zero-order chi connectivity index (χ0) is 28.1. The third kappa shape index (κ3) is 7.90. The number of nitrogens with zero attached hydrogens (tertiary/aromatic N) is 2. The van der Waals surface area contributed by atoms with Crippen LogP contribution in [0.3, 0.4) is 0 Å². The summed E-state index contributed by atoms with van der Waals surface area (Å²) >= 11 is 0. The number of carbonyl (C=O) groups is 2. The molecule has 0 aromatic heterocycles. The van der Waals surface area contributed by atoms with Gasteiger partial charge in [0.25, 0.3) is 0 Å². The van der Waals surface area contributed by atoms with E-state index < -0.39 is 27.7 Å². The highest BCUT2D eigenvalue weighted by atomic mass is 35.5. The predicted octanol–water partition coefficient (Wildman–Crippen LogP) is 1.85. The van der Waals surface area contributed by atoms with E-state index in [-0.39, 0.29) is 30.1 Å². The lowest BCUT2D eigenvalue weighted by molar-refractivity contribution is -0.164. The Morgan fingerprint density at radius 1 is 1.18 bits per heavy atom. The average molecular weight is 591 g/mol. The number of unbranched alkanes of at least 4 members (excludes halogenated alkanes) is 1. The zero-order valence-corrected chi connectivity index (χ0v) is 25.1. The molecule has 222 valence electrons. The first-order valence-corrected chi connectivity index (χ1v) is 15.1. The quantitative estimate of drug-likeness (QED) is 0.314. The van der Waals surface area contributed by atoms with Gasteiger partial charge in [-0.05, 0) is 57.2 Å². The molecule has 1 aromatic carbocycles. The zero-order valence-electron chi connectivity index (χ0n) is 23.4. The molecule has 11 nitrogen and oxygen atoms in total. The van der Waals surface area contributed by atoms with Gasteiger partial charge in [-0.1, -0.05) is 13.8 Å². The number of hydrogen-bond donors (Lipinski definition) is 3. The van der Waals surface area contributed by atoms with Gasteiger partial charge in [0.05, 0.1) is 31.8 Å². The minimum Gasteiger partial charge on any atom is -0.493 e. The molecule has 2 aliphatic rings. The second-order valence-electron chi connectivity index (χ2n) is 10.4. The fourth-order valence-electron chi connectivity index (χ4n) is 5.24. The number of ether oxygens (including phenoxy) is 2. The monoisotopic (exact) mass is 590 g/mol. The maximum Gasteiger partial charge on any atom is 0.248 e. The molecule has 2 atom stereocenters. The Labute approximate surface area is 238 Å². The number of piperidine rings is 1. The molecule has 1 aromatic rings.